The van der Waals surface area contributed by atoms with E-state index in [1.807, 2.05) is 37.3 Å². The normalized spacial score (nSPS) is 10.8. The van der Waals surface area contributed by atoms with Crippen LogP contribution in [0.25, 0.3) is 16.7 Å². The maximum Gasteiger partial charge on any atom is 0.337 e. The van der Waals surface area contributed by atoms with Gasteiger partial charge in [0, 0.05) is 0 Å². The van der Waals surface area contributed by atoms with Gasteiger partial charge in [0.05, 0.1) is 16.8 Å². The molecular formula is C14H11N3O2. The van der Waals surface area contributed by atoms with Gasteiger partial charge in [0.15, 0.2) is 0 Å². The summed E-state index contributed by atoms with van der Waals surface area (Å²) in [6.45, 7) is 1.86. The van der Waals surface area contributed by atoms with E-state index in [1.54, 1.807) is 16.8 Å². The zero-order valence-electron chi connectivity index (χ0n) is 10.2. The van der Waals surface area contributed by atoms with E-state index in [4.69, 9.17) is 0 Å². The first-order valence-corrected chi connectivity index (χ1v) is 5.81. The van der Waals surface area contributed by atoms with Crippen molar-refractivity contribution in [3.8, 4) is 5.69 Å². The van der Waals surface area contributed by atoms with Crippen LogP contribution < -0.4 is 0 Å². The molecule has 0 unspecified atom stereocenters. The molecule has 0 bridgehead atoms. The van der Waals surface area contributed by atoms with E-state index < -0.39 is 5.97 Å². The van der Waals surface area contributed by atoms with Crippen molar-refractivity contribution in [2.24, 2.45) is 0 Å². The monoisotopic (exact) mass is 253 g/mol. The Bertz CT molecular complexity index is 777. The minimum Gasteiger partial charge on any atom is -0.478 e. The molecule has 0 saturated carbocycles. The molecule has 5 heteroatoms. The highest BCUT2D eigenvalue weighted by molar-refractivity contribution is 5.93. The molecule has 5 nitrogen and oxygen atoms in total. The van der Waals surface area contributed by atoms with Gasteiger partial charge in [-0.3, -0.25) is 0 Å². The number of aryl methyl sites for hydroxylation is 1. The van der Waals surface area contributed by atoms with Crippen LogP contribution >= 0.6 is 0 Å². The van der Waals surface area contributed by atoms with E-state index in [2.05, 4.69) is 10.3 Å². The number of aromatic carboxylic acids is 1. The first-order chi connectivity index (χ1) is 9.16. The van der Waals surface area contributed by atoms with Crippen molar-refractivity contribution in [2.75, 3.05) is 0 Å². The highest BCUT2D eigenvalue weighted by atomic mass is 16.4. The fourth-order valence-electron chi connectivity index (χ4n) is 2.05. The summed E-state index contributed by atoms with van der Waals surface area (Å²) in [5.74, 6) is -0.974. The molecule has 1 N–H and O–H groups in total. The molecule has 0 aliphatic heterocycles. The minimum atomic E-state index is -0.974. The van der Waals surface area contributed by atoms with Crippen molar-refractivity contribution in [3.05, 3.63) is 53.6 Å². The Morgan fingerprint density at radius 3 is 2.79 bits per heavy atom. The predicted octanol–water partition coefficient (Wildman–Crippen LogP) is 2.43. The van der Waals surface area contributed by atoms with Crippen LogP contribution in [0.1, 0.15) is 15.9 Å². The molecular weight excluding hydrogens is 242 g/mol. The molecule has 0 fully saturated rings. The van der Waals surface area contributed by atoms with Crippen LogP contribution in [0.5, 0.6) is 0 Å². The van der Waals surface area contributed by atoms with E-state index in [1.165, 1.54) is 0 Å². The average molecular weight is 253 g/mol. The standard InChI is InChI=1S/C14H11N3O2/c1-9-6-7-12(10(8-9)14(18)19)17-13-5-3-2-4-11(13)15-16-17/h2-8H,1H3,(H,18,19). The Labute approximate surface area is 109 Å². The van der Waals surface area contributed by atoms with Crippen LogP contribution in [0.4, 0.5) is 0 Å². The van der Waals surface area contributed by atoms with Crippen molar-refractivity contribution < 1.29 is 9.90 Å². The van der Waals surface area contributed by atoms with Crippen molar-refractivity contribution in [1.82, 2.24) is 15.0 Å². The Morgan fingerprint density at radius 1 is 1.21 bits per heavy atom. The number of hydrogen-bond acceptors (Lipinski definition) is 3. The molecule has 0 amide bonds. The maximum absolute atomic E-state index is 11.3. The number of benzene rings is 2. The first-order valence-electron chi connectivity index (χ1n) is 5.81. The molecule has 3 rings (SSSR count). The molecule has 0 aliphatic rings. The number of aromatic nitrogens is 3. The Kier molecular flexibility index (Phi) is 2.52. The lowest BCUT2D eigenvalue weighted by Crippen LogP contribution is -2.07. The van der Waals surface area contributed by atoms with Crippen LogP contribution in [0.15, 0.2) is 42.5 Å². The summed E-state index contributed by atoms with van der Waals surface area (Å²) in [7, 11) is 0. The van der Waals surface area contributed by atoms with Gasteiger partial charge in [0.2, 0.25) is 0 Å². The smallest absolute Gasteiger partial charge is 0.337 e. The van der Waals surface area contributed by atoms with Gasteiger partial charge in [-0.2, -0.15) is 0 Å². The van der Waals surface area contributed by atoms with Crippen LogP contribution in [0.3, 0.4) is 0 Å². The zero-order valence-corrected chi connectivity index (χ0v) is 10.2. The summed E-state index contributed by atoms with van der Waals surface area (Å²) < 4.78 is 1.55. The summed E-state index contributed by atoms with van der Waals surface area (Å²) in [6.07, 6.45) is 0. The summed E-state index contributed by atoms with van der Waals surface area (Å²) in [5.41, 5.74) is 3.15. The second-order valence-electron chi connectivity index (χ2n) is 4.32. The Morgan fingerprint density at radius 2 is 2.00 bits per heavy atom. The lowest BCUT2D eigenvalue weighted by Gasteiger charge is -2.07. The molecule has 0 spiro atoms. The number of fused-ring (bicyclic) bond motifs is 1. The number of carboxylic acid groups (broad SMARTS) is 1. The van der Waals surface area contributed by atoms with E-state index in [0.29, 0.717) is 5.69 Å². The molecule has 0 radical (unpaired) electrons. The van der Waals surface area contributed by atoms with Gasteiger partial charge < -0.3 is 5.11 Å². The van der Waals surface area contributed by atoms with Gasteiger partial charge in [-0.15, -0.1) is 5.10 Å². The van der Waals surface area contributed by atoms with Crippen LogP contribution in [0.2, 0.25) is 0 Å². The second-order valence-corrected chi connectivity index (χ2v) is 4.32. The fraction of sp³-hybridized carbons (Fsp3) is 0.0714. The van der Waals surface area contributed by atoms with E-state index >= 15 is 0 Å². The summed E-state index contributed by atoms with van der Waals surface area (Å²) in [6, 6.07) is 12.7. The van der Waals surface area contributed by atoms with Gasteiger partial charge in [-0.05, 0) is 31.2 Å². The molecule has 1 heterocycles. The first kappa shape index (κ1) is 11.4. The molecule has 19 heavy (non-hydrogen) atoms. The van der Waals surface area contributed by atoms with E-state index in [-0.39, 0.29) is 5.56 Å². The topological polar surface area (TPSA) is 68.0 Å². The fourth-order valence-corrected chi connectivity index (χ4v) is 2.05. The zero-order chi connectivity index (χ0) is 13.4. The third-order valence-corrected chi connectivity index (χ3v) is 2.96. The van der Waals surface area contributed by atoms with Crippen molar-refractivity contribution in [1.29, 1.82) is 0 Å². The second kappa shape index (κ2) is 4.20. The number of hydrogen-bond donors (Lipinski definition) is 1. The molecule has 2 aromatic carbocycles. The summed E-state index contributed by atoms with van der Waals surface area (Å²) >= 11 is 0. The predicted molar refractivity (Wildman–Crippen MR) is 70.6 cm³/mol. The molecule has 0 aliphatic carbocycles. The quantitative estimate of drug-likeness (QED) is 0.761. The Balaban J connectivity index is 2.30. The Hall–Kier alpha value is -2.69. The molecule has 94 valence electrons. The van der Waals surface area contributed by atoms with Crippen LogP contribution in [0, 0.1) is 6.92 Å². The number of carbonyl (C=O) groups is 1. The van der Waals surface area contributed by atoms with Crippen LogP contribution in [-0.4, -0.2) is 26.1 Å². The highest BCUT2D eigenvalue weighted by Crippen LogP contribution is 2.20. The summed E-state index contributed by atoms with van der Waals surface area (Å²) in [4.78, 5) is 11.3. The third-order valence-electron chi connectivity index (χ3n) is 2.96. The van der Waals surface area contributed by atoms with E-state index in [9.17, 15) is 9.90 Å². The van der Waals surface area contributed by atoms with Crippen LogP contribution in [-0.2, 0) is 0 Å². The van der Waals surface area contributed by atoms with Gasteiger partial charge in [-0.1, -0.05) is 29.0 Å². The largest absolute Gasteiger partial charge is 0.478 e. The lowest BCUT2D eigenvalue weighted by molar-refractivity contribution is 0.0696. The maximum atomic E-state index is 11.3. The number of rotatable bonds is 2. The number of para-hydroxylation sites is 1. The summed E-state index contributed by atoms with van der Waals surface area (Å²) in [5, 5.41) is 17.4. The molecule has 0 saturated heterocycles. The average Bonchev–Trinajstić information content (AvgIpc) is 2.82. The van der Waals surface area contributed by atoms with Crippen molar-refractivity contribution in [3.63, 3.8) is 0 Å². The van der Waals surface area contributed by atoms with Crippen molar-refractivity contribution >= 4 is 17.0 Å². The SMILES string of the molecule is Cc1ccc(-n2nnc3ccccc32)c(C(=O)O)c1. The number of nitrogens with zero attached hydrogens (tertiary/aromatic N) is 3. The number of carboxylic acids is 1. The lowest BCUT2D eigenvalue weighted by atomic mass is 10.1. The molecule has 3 aromatic rings. The van der Waals surface area contributed by atoms with E-state index in [0.717, 1.165) is 16.6 Å². The van der Waals surface area contributed by atoms with Gasteiger partial charge >= 0.3 is 5.97 Å². The minimum absolute atomic E-state index is 0.218. The van der Waals surface area contributed by atoms with Crippen molar-refractivity contribution in [2.45, 2.75) is 6.92 Å². The highest BCUT2D eigenvalue weighted by Gasteiger charge is 2.14. The van der Waals surface area contributed by atoms with Gasteiger partial charge in [0.25, 0.3) is 0 Å². The van der Waals surface area contributed by atoms with Gasteiger partial charge in [-0.25, -0.2) is 9.48 Å². The third kappa shape index (κ3) is 1.85. The van der Waals surface area contributed by atoms with Gasteiger partial charge in [0.1, 0.15) is 5.52 Å². The molecule has 0 atom stereocenters. The molecule has 1 aromatic heterocycles.